The molecule has 1 aromatic rings. The summed E-state index contributed by atoms with van der Waals surface area (Å²) in [5.74, 6) is 0. The average molecular weight is 228 g/mol. The molecule has 0 aliphatic heterocycles. The van der Waals surface area contributed by atoms with Crippen LogP contribution in [0.4, 0.5) is 0 Å². The number of hydrogen-bond acceptors (Lipinski definition) is 1. The van der Waals surface area contributed by atoms with Crippen molar-refractivity contribution in [2.75, 3.05) is 0 Å². The molecule has 1 heteroatoms. The Morgan fingerprint density at radius 1 is 1.19 bits per heavy atom. The molecule has 0 saturated carbocycles. The lowest BCUT2D eigenvalue weighted by Crippen LogP contribution is -2.27. The Bertz CT molecular complexity index is 548. The van der Waals surface area contributed by atoms with Gasteiger partial charge in [0.2, 0.25) is 0 Å². The number of rotatable bonds is 3. The second-order valence-corrected chi connectivity index (χ2v) is 3.78. The highest BCUT2D eigenvalue weighted by atomic mass is 32.1. The van der Waals surface area contributed by atoms with Crippen LogP contribution in [0, 0.1) is 0 Å². The Balaban J connectivity index is 3.90. The molecule has 16 heavy (non-hydrogen) atoms. The average Bonchev–Trinajstić information content (AvgIpc) is 2.29. The second-order valence-electron chi connectivity index (χ2n) is 3.33. The lowest BCUT2D eigenvalue weighted by atomic mass is 10.0. The van der Waals surface area contributed by atoms with Gasteiger partial charge in [0.25, 0.3) is 0 Å². The minimum absolute atomic E-state index is 0.933. The van der Waals surface area contributed by atoms with Crippen LogP contribution in [0.15, 0.2) is 36.8 Å². The Hall–Kier alpha value is -1.47. The topological polar surface area (TPSA) is 0 Å². The highest BCUT2D eigenvalue weighted by Gasteiger charge is 2.03. The van der Waals surface area contributed by atoms with Crippen LogP contribution in [0.3, 0.4) is 0 Å². The highest BCUT2D eigenvalue weighted by Crippen LogP contribution is 2.15. The molecule has 0 saturated heterocycles. The summed E-state index contributed by atoms with van der Waals surface area (Å²) in [6.45, 7) is 13.3. The molecule has 0 atom stereocenters. The first-order chi connectivity index (χ1) is 7.69. The fourth-order valence-electron chi connectivity index (χ4n) is 1.69. The zero-order chi connectivity index (χ0) is 12.1. The van der Waals surface area contributed by atoms with Gasteiger partial charge in [-0.05, 0) is 34.6 Å². The fourth-order valence-corrected chi connectivity index (χ4v) is 2.17. The molecule has 0 heterocycles. The Labute approximate surface area is 102 Å². The van der Waals surface area contributed by atoms with Crippen LogP contribution < -0.4 is 10.4 Å². The van der Waals surface area contributed by atoms with E-state index in [0.717, 1.165) is 26.5 Å². The summed E-state index contributed by atoms with van der Waals surface area (Å²) in [6.07, 6.45) is 9.41. The van der Waals surface area contributed by atoms with Crippen molar-refractivity contribution in [2.45, 2.75) is 11.8 Å². The number of hydrogen-bond donors (Lipinski definition) is 1. The molecule has 0 amide bonds. The summed E-state index contributed by atoms with van der Waals surface area (Å²) in [5, 5.41) is 2.20. The lowest BCUT2D eigenvalue weighted by molar-refractivity contribution is 1.30. The Kier molecular flexibility index (Phi) is 4.39. The molecular weight excluding hydrogens is 212 g/mol. The minimum atomic E-state index is 0.933. The second kappa shape index (κ2) is 5.57. The third-order valence-corrected chi connectivity index (χ3v) is 2.94. The molecule has 0 spiro atoms. The van der Waals surface area contributed by atoms with E-state index in [1.54, 1.807) is 6.08 Å². The minimum Gasteiger partial charge on any atom is -0.142 e. The van der Waals surface area contributed by atoms with Gasteiger partial charge in [-0.1, -0.05) is 50.1 Å². The van der Waals surface area contributed by atoms with Gasteiger partial charge in [0.15, 0.2) is 0 Å². The highest BCUT2D eigenvalue weighted by molar-refractivity contribution is 7.80. The first kappa shape index (κ1) is 12.6. The Morgan fingerprint density at radius 3 is 2.31 bits per heavy atom. The molecule has 0 bridgehead atoms. The van der Waals surface area contributed by atoms with Gasteiger partial charge in [0.1, 0.15) is 0 Å². The van der Waals surface area contributed by atoms with Crippen LogP contribution in [0.1, 0.15) is 18.1 Å². The summed E-state index contributed by atoms with van der Waals surface area (Å²) in [5.41, 5.74) is 2.06. The van der Waals surface area contributed by atoms with E-state index in [9.17, 15) is 0 Å². The molecule has 0 fully saturated rings. The molecule has 0 radical (unpaired) electrons. The zero-order valence-corrected chi connectivity index (χ0v) is 10.4. The molecule has 0 unspecified atom stereocenters. The SMILES string of the molecule is C=C/C=c1/cc(C=C)c(C=C)c(S)/c1=C/C. The van der Waals surface area contributed by atoms with Crippen LogP contribution in [0.25, 0.3) is 24.3 Å². The summed E-state index contributed by atoms with van der Waals surface area (Å²) in [4.78, 5) is 0.933. The van der Waals surface area contributed by atoms with Crippen LogP contribution >= 0.6 is 12.6 Å². The third-order valence-electron chi connectivity index (χ3n) is 2.45. The molecule has 0 aliphatic rings. The van der Waals surface area contributed by atoms with Crippen molar-refractivity contribution in [3.63, 3.8) is 0 Å². The van der Waals surface area contributed by atoms with Gasteiger partial charge in [-0.2, -0.15) is 0 Å². The Morgan fingerprint density at radius 2 is 1.88 bits per heavy atom. The zero-order valence-electron chi connectivity index (χ0n) is 9.53. The van der Waals surface area contributed by atoms with Gasteiger partial charge < -0.3 is 0 Å². The summed E-state index contributed by atoms with van der Waals surface area (Å²) in [6, 6.07) is 2.07. The molecule has 0 nitrogen and oxygen atoms in total. The normalized spacial score (nSPS) is 12.6. The summed E-state index contributed by atoms with van der Waals surface area (Å²) < 4.78 is 0. The predicted molar refractivity (Wildman–Crippen MR) is 77.9 cm³/mol. The lowest BCUT2D eigenvalue weighted by Gasteiger charge is -2.06. The van der Waals surface area contributed by atoms with Gasteiger partial charge in [-0.15, -0.1) is 12.6 Å². The molecule has 1 aromatic carbocycles. The van der Waals surface area contributed by atoms with Crippen molar-refractivity contribution in [1.82, 2.24) is 0 Å². The van der Waals surface area contributed by atoms with E-state index in [1.807, 2.05) is 31.2 Å². The summed E-state index contributed by atoms with van der Waals surface area (Å²) in [7, 11) is 0. The van der Waals surface area contributed by atoms with Gasteiger partial charge in [0.05, 0.1) is 0 Å². The molecular formula is C15H16S. The van der Waals surface area contributed by atoms with Crippen molar-refractivity contribution in [1.29, 1.82) is 0 Å². The number of allylic oxidation sites excluding steroid dienone is 1. The molecule has 0 aliphatic carbocycles. The summed E-state index contributed by atoms with van der Waals surface area (Å²) >= 11 is 4.55. The molecule has 0 aromatic heterocycles. The first-order valence-electron chi connectivity index (χ1n) is 5.09. The van der Waals surface area contributed by atoms with E-state index >= 15 is 0 Å². The van der Waals surface area contributed by atoms with E-state index in [4.69, 9.17) is 0 Å². The van der Waals surface area contributed by atoms with Gasteiger partial charge in [0, 0.05) is 4.90 Å². The van der Waals surface area contributed by atoms with Crippen molar-refractivity contribution >= 4 is 36.9 Å². The smallest absolute Gasteiger partial charge is 0.0194 e. The van der Waals surface area contributed by atoms with Crippen LogP contribution in [0.5, 0.6) is 0 Å². The van der Waals surface area contributed by atoms with Gasteiger partial charge >= 0.3 is 0 Å². The van der Waals surface area contributed by atoms with Crippen LogP contribution in [0.2, 0.25) is 0 Å². The van der Waals surface area contributed by atoms with E-state index in [1.165, 1.54) is 0 Å². The quantitative estimate of drug-likeness (QED) is 0.755. The van der Waals surface area contributed by atoms with Crippen LogP contribution in [-0.4, -0.2) is 0 Å². The maximum atomic E-state index is 4.55. The standard InChI is InChI=1S/C15H16S/c1-5-9-12-10-11(6-2)13(7-3)15(16)14(12)8-4/h5-10,16H,1-3H2,4H3/b12-9-,14-8+. The van der Waals surface area contributed by atoms with E-state index < -0.39 is 0 Å². The van der Waals surface area contributed by atoms with E-state index in [-0.39, 0.29) is 0 Å². The third kappa shape index (κ3) is 2.20. The number of thiol groups is 1. The fraction of sp³-hybridized carbons (Fsp3) is 0.0667. The van der Waals surface area contributed by atoms with E-state index in [2.05, 4.69) is 38.4 Å². The van der Waals surface area contributed by atoms with Crippen molar-refractivity contribution in [3.8, 4) is 0 Å². The predicted octanol–water partition coefficient (Wildman–Crippen LogP) is 3.03. The van der Waals surface area contributed by atoms with Gasteiger partial charge in [-0.3, -0.25) is 0 Å². The molecule has 82 valence electrons. The molecule has 1 rings (SSSR count). The van der Waals surface area contributed by atoms with E-state index in [0.29, 0.717) is 0 Å². The monoisotopic (exact) mass is 228 g/mol. The maximum Gasteiger partial charge on any atom is 0.0194 e. The van der Waals surface area contributed by atoms with Crippen molar-refractivity contribution in [3.05, 3.63) is 53.4 Å². The van der Waals surface area contributed by atoms with Crippen molar-refractivity contribution < 1.29 is 0 Å². The van der Waals surface area contributed by atoms with Crippen LogP contribution in [-0.2, 0) is 0 Å². The largest absolute Gasteiger partial charge is 0.142 e. The van der Waals surface area contributed by atoms with Crippen molar-refractivity contribution in [2.24, 2.45) is 0 Å². The molecule has 0 N–H and O–H groups in total. The first-order valence-corrected chi connectivity index (χ1v) is 5.54. The maximum absolute atomic E-state index is 4.55. The number of benzene rings is 1. The van der Waals surface area contributed by atoms with Gasteiger partial charge in [-0.25, -0.2) is 0 Å².